The fourth-order valence-corrected chi connectivity index (χ4v) is 3.15. The van der Waals surface area contributed by atoms with E-state index in [9.17, 15) is 4.39 Å². The van der Waals surface area contributed by atoms with E-state index in [1.54, 1.807) is 23.9 Å². The summed E-state index contributed by atoms with van der Waals surface area (Å²) in [7, 11) is 0. The lowest BCUT2D eigenvalue weighted by Gasteiger charge is -2.15. The van der Waals surface area contributed by atoms with Crippen molar-refractivity contribution >= 4 is 11.8 Å². The van der Waals surface area contributed by atoms with Gasteiger partial charge in [0.1, 0.15) is 5.82 Å². The van der Waals surface area contributed by atoms with Crippen molar-refractivity contribution in [3.8, 4) is 0 Å². The van der Waals surface area contributed by atoms with Crippen LogP contribution in [0.2, 0.25) is 0 Å². The topological polar surface area (TPSA) is 26.0 Å². The lowest BCUT2D eigenvalue weighted by Crippen LogP contribution is -2.26. The summed E-state index contributed by atoms with van der Waals surface area (Å²) in [5.41, 5.74) is 10.1. The minimum absolute atomic E-state index is 0.0723. The molecule has 0 amide bonds. The van der Waals surface area contributed by atoms with Gasteiger partial charge < -0.3 is 5.73 Å². The largest absolute Gasteiger partial charge is 0.327 e. The lowest BCUT2D eigenvalue weighted by molar-refractivity contribution is 0.624. The Bertz CT molecular complexity index is 563. The summed E-state index contributed by atoms with van der Waals surface area (Å²) in [6, 6.07) is 13.0. The van der Waals surface area contributed by atoms with Gasteiger partial charge in [-0.3, -0.25) is 0 Å². The van der Waals surface area contributed by atoms with Crippen LogP contribution in [0.25, 0.3) is 0 Å². The molecular formula is C17H20FNS. The van der Waals surface area contributed by atoms with Gasteiger partial charge in [-0.1, -0.05) is 24.3 Å². The number of hydrogen-bond donors (Lipinski definition) is 1. The number of aryl methyl sites for hydroxylation is 2. The summed E-state index contributed by atoms with van der Waals surface area (Å²) < 4.78 is 13.1. The summed E-state index contributed by atoms with van der Waals surface area (Å²) in [6.07, 6.45) is 0.862. The molecule has 0 aliphatic heterocycles. The van der Waals surface area contributed by atoms with Crippen molar-refractivity contribution in [1.29, 1.82) is 0 Å². The molecule has 0 spiro atoms. The number of rotatable bonds is 5. The zero-order valence-electron chi connectivity index (χ0n) is 11.9. The molecule has 2 aromatic rings. The average Bonchev–Trinajstić information content (AvgIpc) is 2.41. The van der Waals surface area contributed by atoms with Crippen LogP contribution in [0.1, 0.15) is 16.7 Å². The minimum atomic E-state index is -0.196. The highest BCUT2D eigenvalue weighted by molar-refractivity contribution is 7.99. The molecule has 2 aromatic carbocycles. The Morgan fingerprint density at radius 2 is 1.75 bits per heavy atom. The Morgan fingerprint density at radius 1 is 1.10 bits per heavy atom. The molecule has 0 bridgehead atoms. The Hall–Kier alpha value is -1.32. The summed E-state index contributed by atoms with van der Waals surface area (Å²) in [6.45, 7) is 4.24. The molecule has 2 rings (SSSR count). The van der Waals surface area contributed by atoms with Crippen LogP contribution in [0.5, 0.6) is 0 Å². The van der Waals surface area contributed by atoms with Gasteiger partial charge in [-0.25, -0.2) is 4.39 Å². The molecule has 1 unspecified atom stereocenters. The summed E-state index contributed by atoms with van der Waals surface area (Å²) in [4.78, 5) is 0.932. The van der Waals surface area contributed by atoms with Gasteiger partial charge >= 0.3 is 0 Å². The molecule has 0 saturated heterocycles. The highest BCUT2D eigenvalue weighted by atomic mass is 32.2. The van der Waals surface area contributed by atoms with Crippen molar-refractivity contribution < 1.29 is 4.39 Å². The molecule has 0 heterocycles. The van der Waals surface area contributed by atoms with Gasteiger partial charge in [-0.15, -0.1) is 11.8 Å². The number of halogens is 1. The van der Waals surface area contributed by atoms with Crippen LogP contribution < -0.4 is 5.73 Å². The smallest absolute Gasteiger partial charge is 0.124 e. The van der Waals surface area contributed by atoms with E-state index in [-0.39, 0.29) is 11.9 Å². The van der Waals surface area contributed by atoms with Crippen molar-refractivity contribution in [3.05, 3.63) is 65.0 Å². The fraction of sp³-hybridized carbons (Fsp3) is 0.294. The molecular weight excluding hydrogens is 269 g/mol. The Morgan fingerprint density at radius 3 is 2.40 bits per heavy atom. The molecule has 0 saturated carbocycles. The van der Waals surface area contributed by atoms with Crippen LogP contribution >= 0.6 is 11.8 Å². The van der Waals surface area contributed by atoms with Gasteiger partial charge in [0.15, 0.2) is 0 Å². The molecule has 0 aliphatic carbocycles. The fourth-order valence-electron chi connectivity index (χ4n) is 2.25. The number of hydrogen-bond acceptors (Lipinski definition) is 2. The third kappa shape index (κ3) is 4.09. The monoisotopic (exact) mass is 289 g/mol. The van der Waals surface area contributed by atoms with Crippen molar-refractivity contribution in [2.24, 2.45) is 5.73 Å². The molecule has 0 aliphatic rings. The molecule has 20 heavy (non-hydrogen) atoms. The van der Waals surface area contributed by atoms with Crippen LogP contribution in [-0.4, -0.2) is 11.8 Å². The van der Waals surface area contributed by atoms with Crippen LogP contribution in [0.3, 0.4) is 0 Å². The summed E-state index contributed by atoms with van der Waals surface area (Å²) >= 11 is 1.61. The highest BCUT2D eigenvalue weighted by Crippen LogP contribution is 2.21. The molecule has 3 heteroatoms. The van der Waals surface area contributed by atoms with Crippen molar-refractivity contribution in [3.63, 3.8) is 0 Å². The Labute approximate surface area is 124 Å². The van der Waals surface area contributed by atoms with Gasteiger partial charge in [0.2, 0.25) is 0 Å². The van der Waals surface area contributed by atoms with Crippen LogP contribution in [0, 0.1) is 19.7 Å². The predicted octanol–water partition coefficient (Wildman–Crippen LogP) is 4.10. The van der Waals surface area contributed by atoms with Crippen molar-refractivity contribution in [2.75, 3.05) is 5.75 Å². The van der Waals surface area contributed by atoms with Crippen molar-refractivity contribution in [2.45, 2.75) is 31.2 Å². The summed E-state index contributed by atoms with van der Waals surface area (Å²) in [5, 5.41) is 0. The van der Waals surface area contributed by atoms with E-state index in [2.05, 4.69) is 32.0 Å². The first-order valence-corrected chi connectivity index (χ1v) is 7.74. The molecule has 2 N–H and O–H groups in total. The maximum atomic E-state index is 13.1. The van der Waals surface area contributed by atoms with E-state index >= 15 is 0 Å². The SMILES string of the molecule is Cc1cccc(C)c1CC(N)CSc1cccc(F)c1. The molecule has 1 nitrogen and oxygen atoms in total. The van der Waals surface area contributed by atoms with Gasteiger partial charge in [-0.2, -0.15) is 0 Å². The lowest BCUT2D eigenvalue weighted by atomic mass is 9.97. The quantitative estimate of drug-likeness (QED) is 0.838. The third-order valence-corrected chi connectivity index (χ3v) is 4.55. The molecule has 0 radical (unpaired) electrons. The average molecular weight is 289 g/mol. The molecule has 1 atom stereocenters. The predicted molar refractivity (Wildman–Crippen MR) is 84.7 cm³/mol. The van der Waals surface area contributed by atoms with E-state index in [0.29, 0.717) is 0 Å². The number of nitrogens with two attached hydrogens (primary N) is 1. The minimum Gasteiger partial charge on any atom is -0.327 e. The summed E-state index contributed by atoms with van der Waals surface area (Å²) in [5.74, 6) is 0.593. The standard InChI is InChI=1S/C17H20FNS/c1-12-5-3-6-13(2)17(12)10-15(19)11-20-16-8-4-7-14(18)9-16/h3-9,15H,10-11,19H2,1-2H3. The zero-order valence-corrected chi connectivity index (χ0v) is 12.7. The molecule has 0 aromatic heterocycles. The number of thioether (sulfide) groups is 1. The van der Waals surface area contributed by atoms with Crippen LogP contribution in [0.4, 0.5) is 4.39 Å². The number of benzene rings is 2. The third-order valence-electron chi connectivity index (χ3n) is 3.37. The van der Waals surface area contributed by atoms with E-state index in [1.807, 2.05) is 6.07 Å². The first-order valence-electron chi connectivity index (χ1n) is 6.75. The van der Waals surface area contributed by atoms with Gasteiger partial charge in [0, 0.05) is 16.7 Å². The van der Waals surface area contributed by atoms with Gasteiger partial charge in [0.25, 0.3) is 0 Å². The van der Waals surface area contributed by atoms with E-state index in [1.165, 1.54) is 22.8 Å². The van der Waals surface area contributed by atoms with Crippen molar-refractivity contribution in [1.82, 2.24) is 0 Å². The highest BCUT2D eigenvalue weighted by Gasteiger charge is 2.09. The first-order chi connectivity index (χ1) is 9.56. The van der Waals surface area contributed by atoms with Gasteiger partial charge in [-0.05, 0) is 55.2 Å². The van der Waals surface area contributed by atoms with Crippen LogP contribution in [-0.2, 0) is 6.42 Å². The van der Waals surface area contributed by atoms with Gasteiger partial charge in [0.05, 0.1) is 0 Å². The zero-order chi connectivity index (χ0) is 14.5. The van der Waals surface area contributed by atoms with E-state index < -0.39 is 0 Å². The maximum absolute atomic E-state index is 13.1. The maximum Gasteiger partial charge on any atom is 0.124 e. The molecule has 106 valence electrons. The van der Waals surface area contributed by atoms with E-state index in [4.69, 9.17) is 5.73 Å². The Balaban J connectivity index is 1.94. The Kier molecular flexibility index (Phi) is 5.21. The molecule has 0 fully saturated rings. The second kappa shape index (κ2) is 6.91. The van der Waals surface area contributed by atoms with E-state index in [0.717, 1.165) is 17.1 Å². The second-order valence-electron chi connectivity index (χ2n) is 5.10. The normalized spacial score (nSPS) is 12.4. The first kappa shape index (κ1) is 15.1. The van der Waals surface area contributed by atoms with Crippen LogP contribution in [0.15, 0.2) is 47.4 Å². The second-order valence-corrected chi connectivity index (χ2v) is 6.20.